The summed E-state index contributed by atoms with van der Waals surface area (Å²) < 4.78 is 6.92. The smallest absolute Gasteiger partial charge is 0.164 e. The van der Waals surface area contributed by atoms with Crippen molar-refractivity contribution in [3.05, 3.63) is 170 Å². The van der Waals surface area contributed by atoms with Gasteiger partial charge >= 0.3 is 0 Å². The number of furan rings is 1. The molecule has 9 rings (SSSR count). The lowest BCUT2D eigenvalue weighted by molar-refractivity contribution is 0.671. The second-order valence-corrected chi connectivity index (χ2v) is 11.8. The van der Waals surface area contributed by atoms with E-state index in [1.54, 1.807) is 6.20 Å². The van der Waals surface area contributed by atoms with Gasteiger partial charge in [0.15, 0.2) is 17.5 Å². The van der Waals surface area contributed by atoms with Crippen LogP contribution < -0.4 is 0 Å². The maximum atomic E-state index is 6.92. The number of fused-ring (bicyclic) bond motifs is 3. The molecular formula is C44H28N4O. The van der Waals surface area contributed by atoms with Gasteiger partial charge in [-0.3, -0.25) is 4.98 Å². The van der Waals surface area contributed by atoms with Crippen molar-refractivity contribution in [2.24, 2.45) is 0 Å². The van der Waals surface area contributed by atoms with Gasteiger partial charge in [-0.15, -0.1) is 0 Å². The molecule has 0 aliphatic heterocycles. The van der Waals surface area contributed by atoms with E-state index in [0.29, 0.717) is 17.5 Å². The predicted octanol–water partition coefficient (Wildman–Crippen LogP) is 11.2. The van der Waals surface area contributed by atoms with E-state index in [-0.39, 0.29) is 0 Å². The van der Waals surface area contributed by atoms with Crippen LogP contribution in [0.25, 0.3) is 89.5 Å². The monoisotopic (exact) mass is 628 g/mol. The molecule has 0 fully saturated rings. The van der Waals surface area contributed by atoms with E-state index in [4.69, 9.17) is 19.4 Å². The first-order chi connectivity index (χ1) is 24.3. The molecule has 5 heteroatoms. The summed E-state index contributed by atoms with van der Waals surface area (Å²) in [6.45, 7) is 0. The lowest BCUT2D eigenvalue weighted by Gasteiger charge is -2.12. The minimum absolute atomic E-state index is 0.600. The Bertz CT molecular complexity index is 2540. The van der Waals surface area contributed by atoms with Gasteiger partial charge in [-0.1, -0.05) is 152 Å². The number of hydrogen-bond donors (Lipinski definition) is 0. The first kappa shape index (κ1) is 28.5. The largest absolute Gasteiger partial charge is 0.455 e. The third kappa shape index (κ3) is 5.14. The standard InChI is InChI=1S/C44H28N4O/c1-3-14-29(15-4-1)42-46-43(30-16-5-2-6-17-30)48-44(47-42)39-22-10-9-21-34(39)36-24-12-26-38-37-25-11-23-35(40(37)49-41(36)38)33-20-8-7-19-32(33)31-18-13-27-45-28-31/h1-28H. The van der Waals surface area contributed by atoms with Crippen molar-refractivity contribution in [3.63, 3.8) is 0 Å². The Balaban J connectivity index is 1.25. The molecule has 3 aromatic heterocycles. The fourth-order valence-electron chi connectivity index (χ4n) is 6.58. The first-order valence-electron chi connectivity index (χ1n) is 16.2. The van der Waals surface area contributed by atoms with E-state index in [9.17, 15) is 0 Å². The van der Waals surface area contributed by atoms with Gasteiger partial charge in [-0.05, 0) is 22.8 Å². The summed E-state index contributed by atoms with van der Waals surface area (Å²) >= 11 is 0. The zero-order valence-electron chi connectivity index (χ0n) is 26.4. The van der Waals surface area contributed by atoms with E-state index in [1.807, 2.05) is 85.1 Å². The Hall–Kier alpha value is -6.72. The average Bonchev–Trinajstić information content (AvgIpc) is 3.58. The molecule has 0 atom stereocenters. The Morgan fingerprint density at radius 1 is 0.327 bits per heavy atom. The van der Waals surface area contributed by atoms with Crippen molar-refractivity contribution < 1.29 is 4.42 Å². The Kier molecular flexibility index (Phi) is 7.06. The predicted molar refractivity (Wildman–Crippen MR) is 198 cm³/mol. The molecule has 0 unspecified atom stereocenters. The second-order valence-electron chi connectivity index (χ2n) is 11.8. The van der Waals surface area contributed by atoms with E-state index < -0.39 is 0 Å². The Morgan fingerprint density at radius 3 is 1.33 bits per heavy atom. The molecule has 6 aromatic carbocycles. The normalized spacial score (nSPS) is 11.3. The van der Waals surface area contributed by atoms with Crippen molar-refractivity contribution in [2.75, 3.05) is 0 Å². The summed E-state index contributed by atoms with van der Waals surface area (Å²) in [5.41, 5.74) is 10.7. The molecule has 0 aliphatic rings. The third-order valence-electron chi connectivity index (χ3n) is 8.87. The van der Waals surface area contributed by atoms with Crippen molar-refractivity contribution in [1.82, 2.24) is 19.9 Å². The molecular weight excluding hydrogens is 601 g/mol. The minimum Gasteiger partial charge on any atom is -0.455 e. The Morgan fingerprint density at radius 2 is 0.776 bits per heavy atom. The van der Waals surface area contributed by atoms with Gasteiger partial charge in [0.2, 0.25) is 0 Å². The van der Waals surface area contributed by atoms with Gasteiger partial charge in [0, 0.05) is 56.5 Å². The average molecular weight is 629 g/mol. The van der Waals surface area contributed by atoms with Crippen molar-refractivity contribution in [1.29, 1.82) is 0 Å². The van der Waals surface area contributed by atoms with Crippen LogP contribution in [0.4, 0.5) is 0 Å². The van der Waals surface area contributed by atoms with Crippen LogP contribution >= 0.6 is 0 Å². The molecule has 3 heterocycles. The summed E-state index contributed by atoms with van der Waals surface area (Å²) in [5.74, 6) is 1.85. The van der Waals surface area contributed by atoms with Crippen molar-refractivity contribution >= 4 is 21.9 Å². The van der Waals surface area contributed by atoms with E-state index in [2.05, 4.69) is 83.8 Å². The number of hydrogen-bond acceptors (Lipinski definition) is 5. The fraction of sp³-hybridized carbons (Fsp3) is 0. The quantitative estimate of drug-likeness (QED) is 0.183. The zero-order valence-corrected chi connectivity index (χ0v) is 26.4. The summed E-state index contributed by atoms with van der Waals surface area (Å²) in [7, 11) is 0. The van der Waals surface area contributed by atoms with Crippen molar-refractivity contribution in [2.45, 2.75) is 0 Å². The highest BCUT2D eigenvalue weighted by atomic mass is 16.3. The molecule has 230 valence electrons. The van der Waals surface area contributed by atoms with Crippen molar-refractivity contribution in [3.8, 4) is 67.5 Å². The summed E-state index contributed by atoms with van der Waals surface area (Å²) in [6, 6.07) is 53.6. The number of para-hydroxylation sites is 2. The molecule has 0 amide bonds. The molecule has 0 saturated carbocycles. The number of benzene rings is 6. The van der Waals surface area contributed by atoms with Crippen LogP contribution in [-0.2, 0) is 0 Å². The molecule has 0 aliphatic carbocycles. The van der Waals surface area contributed by atoms with E-state index >= 15 is 0 Å². The molecule has 0 spiro atoms. The van der Waals surface area contributed by atoms with Crippen LogP contribution in [0.3, 0.4) is 0 Å². The maximum Gasteiger partial charge on any atom is 0.164 e. The van der Waals surface area contributed by atoms with Crippen LogP contribution in [0.2, 0.25) is 0 Å². The van der Waals surface area contributed by atoms with Crippen LogP contribution in [-0.4, -0.2) is 19.9 Å². The lowest BCUT2D eigenvalue weighted by Crippen LogP contribution is -2.01. The summed E-state index contributed by atoms with van der Waals surface area (Å²) in [6.07, 6.45) is 3.70. The van der Waals surface area contributed by atoms with Gasteiger partial charge in [-0.2, -0.15) is 0 Å². The molecule has 0 N–H and O–H groups in total. The highest BCUT2D eigenvalue weighted by Gasteiger charge is 2.20. The lowest BCUT2D eigenvalue weighted by atomic mass is 9.94. The number of nitrogens with zero attached hydrogens (tertiary/aromatic N) is 4. The minimum atomic E-state index is 0.600. The van der Waals surface area contributed by atoms with Crippen LogP contribution in [0.1, 0.15) is 0 Å². The van der Waals surface area contributed by atoms with Crippen LogP contribution in [0, 0.1) is 0 Å². The molecule has 0 bridgehead atoms. The number of rotatable bonds is 6. The van der Waals surface area contributed by atoms with Crippen LogP contribution in [0.5, 0.6) is 0 Å². The fourth-order valence-corrected chi connectivity index (χ4v) is 6.58. The van der Waals surface area contributed by atoms with Gasteiger partial charge in [0.25, 0.3) is 0 Å². The molecule has 5 nitrogen and oxygen atoms in total. The van der Waals surface area contributed by atoms with Gasteiger partial charge in [-0.25, -0.2) is 15.0 Å². The molecule has 0 saturated heterocycles. The number of pyridine rings is 1. The van der Waals surface area contributed by atoms with E-state index in [0.717, 1.165) is 72.0 Å². The zero-order chi connectivity index (χ0) is 32.6. The highest BCUT2D eigenvalue weighted by Crippen LogP contribution is 2.43. The van der Waals surface area contributed by atoms with Crippen LogP contribution in [0.15, 0.2) is 175 Å². The topological polar surface area (TPSA) is 64.7 Å². The number of aromatic nitrogens is 4. The highest BCUT2D eigenvalue weighted by molar-refractivity contribution is 6.14. The van der Waals surface area contributed by atoms with Gasteiger partial charge < -0.3 is 4.42 Å². The Labute approximate surface area is 283 Å². The SMILES string of the molecule is c1ccc(-c2nc(-c3ccccc3)nc(-c3ccccc3-c3cccc4c3oc3c(-c5ccccc5-c5cccnc5)cccc34)n2)cc1. The second kappa shape index (κ2) is 12.1. The third-order valence-corrected chi connectivity index (χ3v) is 8.87. The molecule has 9 aromatic rings. The van der Waals surface area contributed by atoms with Gasteiger partial charge in [0.05, 0.1) is 0 Å². The summed E-state index contributed by atoms with van der Waals surface area (Å²) in [5, 5.41) is 2.11. The summed E-state index contributed by atoms with van der Waals surface area (Å²) in [4.78, 5) is 19.4. The van der Waals surface area contributed by atoms with E-state index in [1.165, 1.54) is 0 Å². The molecule has 0 radical (unpaired) electrons. The maximum absolute atomic E-state index is 6.92. The molecule has 49 heavy (non-hydrogen) atoms. The first-order valence-corrected chi connectivity index (χ1v) is 16.2. The van der Waals surface area contributed by atoms with Gasteiger partial charge in [0.1, 0.15) is 11.2 Å².